The Bertz CT molecular complexity index is 334. The molecule has 0 aromatic heterocycles. The molecule has 2 heteroatoms. The van der Waals surface area contributed by atoms with E-state index < -0.39 is 0 Å². The highest BCUT2D eigenvalue weighted by Crippen LogP contribution is 2.20. The van der Waals surface area contributed by atoms with Gasteiger partial charge in [0.1, 0.15) is 0 Å². The molecule has 1 unspecified atom stereocenters. The van der Waals surface area contributed by atoms with Crippen molar-refractivity contribution in [2.75, 3.05) is 19.0 Å². The molecule has 1 N–H and O–H groups in total. The van der Waals surface area contributed by atoms with Gasteiger partial charge in [-0.05, 0) is 37.0 Å². The molecule has 0 aliphatic rings. The Morgan fingerprint density at radius 2 is 1.94 bits per heavy atom. The first kappa shape index (κ1) is 13.0. The van der Waals surface area contributed by atoms with Gasteiger partial charge in [0, 0.05) is 12.8 Å². The molecule has 1 rings (SSSR count). The van der Waals surface area contributed by atoms with Crippen molar-refractivity contribution in [3.8, 4) is 0 Å². The van der Waals surface area contributed by atoms with Crippen LogP contribution in [0, 0.1) is 19.8 Å². The van der Waals surface area contributed by atoms with E-state index in [0.29, 0.717) is 12.0 Å². The van der Waals surface area contributed by atoms with Gasteiger partial charge in [-0.1, -0.05) is 26.0 Å². The smallest absolute Gasteiger partial charge is 0.0666 e. The fraction of sp³-hybridized carbons (Fsp3) is 0.571. The summed E-state index contributed by atoms with van der Waals surface area (Å²) in [6.07, 6.45) is 0. The molecule has 0 aliphatic carbocycles. The van der Waals surface area contributed by atoms with E-state index in [1.54, 1.807) is 7.11 Å². The van der Waals surface area contributed by atoms with Crippen LogP contribution in [-0.4, -0.2) is 19.8 Å². The minimum Gasteiger partial charge on any atom is -0.383 e. The molecule has 16 heavy (non-hydrogen) atoms. The van der Waals surface area contributed by atoms with Gasteiger partial charge in [0.25, 0.3) is 0 Å². The number of hydrogen-bond acceptors (Lipinski definition) is 2. The second-order valence-corrected chi connectivity index (χ2v) is 4.70. The van der Waals surface area contributed by atoms with Crippen molar-refractivity contribution in [1.82, 2.24) is 0 Å². The zero-order valence-corrected chi connectivity index (χ0v) is 11.0. The summed E-state index contributed by atoms with van der Waals surface area (Å²) < 4.78 is 5.25. The van der Waals surface area contributed by atoms with E-state index in [-0.39, 0.29) is 0 Å². The summed E-state index contributed by atoms with van der Waals surface area (Å²) in [5, 5.41) is 3.56. The molecular formula is C14H23NO. The SMILES string of the molecule is COCC(Nc1cccc(C)c1C)C(C)C. The number of anilines is 1. The van der Waals surface area contributed by atoms with Crippen LogP contribution in [0.3, 0.4) is 0 Å². The van der Waals surface area contributed by atoms with Gasteiger partial charge >= 0.3 is 0 Å². The van der Waals surface area contributed by atoms with Crippen molar-refractivity contribution >= 4 is 5.69 Å². The third-order valence-corrected chi connectivity index (χ3v) is 3.10. The van der Waals surface area contributed by atoms with Crippen LogP contribution in [0.4, 0.5) is 5.69 Å². The highest BCUT2D eigenvalue weighted by Gasteiger charge is 2.13. The summed E-state index contributed by atoms with van der Waals surface area (Å²) in [5.41, 5.74) is 3.87. The second-order valence-electron chi connectivity index (χ2n) is 4.70. The molecule has 0 amide bonds. The molecule has 2 nitrogen and oxygen atoms in total. The molecule has 0 bridgehead atoms. The first-order chi connectivity index (χ1) is 7.56. The van der Waals surface area contributed by atoms with Crippen LogP contribution in [-0.2, 0) is 4.74 Å². The van der Waals surface area contributed by atoms with E-state index in [1.807, 2.05) is 0 Å². The van der Waals surface area contributed by atoms with Crippen LogP contribution in [0.1, 0.15) is 25.0 Å². The highest BCUT2D eigenvalue weighted by atomic mass is 16.5. The molecule has 1 aromatic carbocycles. The molecule has 0 saturated carbocycles. The molecule has 0 spiro atoms. The summed E-state index contributed by atoms with van der Waals surface area (Å²) in [6.45, 7) is 9.46. The normalized spacial score (nSPS) is 12.9. The lowest BCUT2D eigenvalue weighted by Gasteiger charge is -2.24. The monoisotopic (exact) mass is 221 g/mol. The first-order valence-electron chi connectivity index (χ1n) is 5.88. The Balaban J connectivity index is 2.81. The van der Waals surface area contributed by atoms with E-state index in [0.717, 1.165) is 6.61 Å². The maximum absolute atomic E-state index is 5.25. The molecule has 0 heterocycles. The quantitative estimate of drug-likeness (QED) is 0.823. The van der Waals surface area contributed by atoms with Gasteiger partial charge in [-0.2, -0.15) is 0 Å². The standard InChI is InChI=1S/C14H23NO/c1-10(2)14(9-16-5)15-13-8-6-7-11(3)12(13)4/h6-8,10,14-15H,9H2,1-5H3. The molecule has 0 fully saturated rings. The summed E-state index contributed by atoms with van der Waals surface area (Å²) in [5.74, 6) is 0.555. The van der Waals surface area contributed by atoms with Gasteiger partial charge in [0.2, 0.25) is 0 Å². The van der Waals surface area contributed by atoms with Crippen molar-refractivity contribution in [2.45, 2.75) is 33.7 Å². The van der Waals surface area contributed by atoms with Crippen LogP contribution in [0.2, 0.25) is 0 Å². The summed E-state index contributed by atoms with van der Waals surface area (Å²) >= 11 is 0. The number of benzene rings is 1. The Kier molecular flexibility index (Phi) is 4.81. The zero-order chi connectivity index (χ0) is 12.1. The average Bonchev–Trinajstić information content (AvgIpc) is 2.23. The van der Waals surface area contributed by atoms with E-state index >= 15 is 0 Å². The van der Waals surface area contributed by atoms with Crippen molar-refractivity contribution in [1.29, 1.82) is 0 Å². The summed E-state index contributed by atoms with van der Waals surface area (Å²) in [4.78, 5) is 0. The number of nitrogens with one attached hydrogen (secondary N) is 1. The number of aryl methyl sites for hydroxylation is 1. The van der Waals surface area contributed by atoms with Crippen molar-refractivity contribution in [2.24, 2.45) is 5.92 Å². The van der Waals surface area contributed by atoms with Crippen LogP contribution in [0.5, 0.6) is 0 Å². The molecule has 90 valence electrons. The van der Waals surface area contributed by atoms with E-state index in [9.17, 15) is 0 Å². The second kappa shape index (κ2) is 5.90. The zero-order valence-electron chi connectivity index (χ0n) is 11.0. The number of methoxy groups -OCH3 is 1. The number of rotatable bonds is 5. The molecule has 0 radical (unpaired) electrons. The summed E-state index contributed by atoms with van der Waals surface area (Å²) in [6, 6.07) is 6.73. The van der Waals surface area contributed by atoms with Gasteiger partial charge in [0.05, 0.1) is 12.6 Å². The Hall–Kier alpha value is -1.02. The van der Waals surface area contributed by atoms with E-state index in [2.05, 4.69) is 51.2 Å². The maximum atomic E-state index is 5.25. The Morgan fingerprint density at radius 3 is 2.50 bits per heavy atom. The minimum atomic E-state index is 0.366. The predicted octanol–water partition coefficient (Wildman–Crippen LogP) is 3.39. The Labute approximate surface area is 99.0 Å². The molecular weight excluding hydrogens is 198 g/mol. The van der Waals surface area contributed by atoms with Gasteiger partial charge in [0.15, 0.2) is 0 Å². The van der Waals surface area contributed by atoms with E-state index in [1.165, 1.54) is 16.8 Å². The lowest BCUT2D eigenvalue weighted by atomic mass is 10.0. The van der Waals surface area contributed by atoms with Crippen molar-refractivity contribution in [3.05, 3.63) is 29.3 Å². The average molecular weight is 221 g/mol. The van der Waals surface area contributed by atoms with Crippen LogP contribution in [0.15, 0.2) is 18.2 Å². The van der Waals surface area contributed by atoms with Crippen molar-refractivity contribution < 1.29 is 4.74 Å². The topological polar surface area (TPSA) is 21.3 Å². The van der Waals surface area contributed by atoms with E-state index in [4.69, 9.17) is 4.74 Å². The minimum absolute atomic E-state index is 0.366. The van der Waals surface area contributed by atoms with Crippen molar-refractivity contribution in [3.63, 3.8) is 0 Å². The molecule has 0 saturated heterocycles. The molecule has 1 atom stereocenters. The van der Waals surface area contributed by atoms with Gasteiger partial charge < -0.3 is 10.1 Å². The largest absolute Gasteiger partial charge is 0.383 e. The third-order valence-electron chi connectivity index (χ3n) is 3.10. The first-order valence-corrected chi connectivity index (χ1v) is 5.88. The van der Waals surface area contributed by atoms with Crippen LogP contribution in [0.25, 0.3) is 0 Å². The fourth-order valence-corrected chi connectivity index (χ4v) is 1.69. The van der Waals surface area contributed by atoms with Crippen LogP contribution >= 0.6 is 0 Å². The van der Waals surface area contributed by atoms with Gasteiger partial charge in [-0.15, -0.1) is 0 Å². The molecule has 1 aromatic rings. The summed E-state index contributed by atoms with van der Waals surface area (Å²) in [7, 11) is 1.75. The molecule has 0 aliphatic heterocycles. The fourth-order valence-electron chi connectivity index (χ4n) is 1.69. The lowest BCUT2D eigenvalue weighted by Crippen LogP contribution is -2.30. The van der Waals surface area contributed by atoms with Gasteiger partial charge in [-0.3, -0.25) is 0 Å². The third kappa shape index (κ3) is 3.24. The number of ether oxygens (including phenoxy) is 1. The maximum Gasteiger partial charge on any atom is 0.0666 e. The van der Waals surface area contributed by atoms with Crippen LogP contribution < -0.4 is 5.32 Å². The highest BCUT2D eigenvalue weighted by molar-refractivity contribution is 5.54. The Morgan fingerprint density at radius 1 is 1.25 bits per heavy atom. The number of hydrogen-bond donors (Lipinski definition) is 1. The lowest BCUT2D eigenvalue weighted by molar-refractivity contribution is 0.171. The van der Waals surface area contributed by atoms with Gasteiger partial charge in [-0.25, -0.2) is 0 Å². The predicted molar refractivity (Wildman–Crippen MR) is 70.0 cm³/mol.